The monoisotopic (exact) mass is 497 g/mol. The molecule has 7 nitrogen and oxygen atoms in total. The molecule has 8 heteroatoms. The number of carbonyl (C=O) groups is 2. The van der Waals surface area contributed by atoms with Gasteiger partial charge in [0.05, 0.1) is 10.6 Å². The zero-order chi connectivity index (χ0) is 23.7. The van der Waals surface area contributed by atoms with Gasteiger partial charge in [-0.25, -0.2) is 0 Å². The summed E-state index contributed by atoms with van der Waals surface area (Å²) in [7, 11) is 0. The number of anilines is 1. The lowest BCUT2D eigenvalue weighted by Crippen LogP contribution is -2.35. The van der Waals surface area contributed by atoms with E-state index >= 15 is 0 Å². The van der Waals surface area contributed by atoms with Crippen molar-refractivity contribution in [3.8, 4) is 0 Å². The van der Waals surface area contributed by atoms with Gasteiger partial charge in [-0.05, 0) is 86.4 Å². The Morgan fingerprint density at radius 3 is 2.37 bits per heavy atom. The average Bonchev–Trinajstić information content (AvgIpc) is 3.30. The number of nitro groups is 1. The summed E-state index contributed by atoms with van der Waals surface area (Å²) in [6.45, 7) is 3.79. The molecule has 2 aromatic rings. The van der Waals surface area contributed by atoms with Crippen molar-refractivity contribution in [1.82, 2.24) is 4.90 Å². The molecule has 3 heterocycles. The lowest BCUT2D eigenvalue weighted by atomic mass is 9.89. The summed E-state index contributed by atoms with van der Waals surface area (Å²) in [6, 6.07) is 10.9. The van der Waals surface area contributed by atoms with Gasteiger partial charge >= 0.3 is 0 Å². The topological polar surface area (TPSA) is 83.8 Å². The third-order valence-corrected chi connectivity index (χ3v) is 7.72. The van der Waals surface area contributed by atoms with Crippen molar-refractivity contribution in [3.05, 3.63) is 68.8 Å². The van der Waals surface area contributed by atoms with E-state index in [1.165, 1.54) is 5.56 Å². The van der Waals surface area contributed by atoms with Gasteiger partial charge in [0.1, 0.15) is 0 Å². The second-order valence-electron chi connectivity index (χ2n) is 9.86. The van der Waals surface area contributed by atoms with Gasteiger partial charge in [0.15, 0.2) is 5.78 Å². The number of hydrogen-bond acceptors (Lipinski definition) is 5. The van der Waals surface area contributed by atoms with Gasteiger partial charge in [0.25, 0.3) is 5.69 Å². The van der Waals surface area contributed by atoms with E-state index in [0.717, 1.165) is 87.1 Å². The fourth-order valence-electron chi connectivity index (χ4n) is 5.67. The lowest BCUT2D eigenvalue weighted by molar-refractivity contribution is -0.384. The van der Waals surface area contributed by atoms with E-state index in [4.69, 9.17) is 0 Å². The predicted octanol–water partition coefficient (Wildman–Crippen LogP) is 4.77. The van der Waals surface area contributed by atoms with Crippen molar-refractivity contribution >= 4 is 35.5 Å². The molecule has 0 aliphatic carbocycles. The molecule has 1 amide bonds. The number of amides is 1. The van der Waals surface area contributed by atoms with Gasteiger partial charge in [-0.1, -0.05) is 12.1 Å². The molecule has 0 atom stereocenters. The molecular formula is C27H32ClN3O4. The summed E-state index contributed by atoms with van der Waals surface area (Å²) in [5, 5.41) is 10.8. The number of benzene rings is 2. The number of likely N-dealkylation sites (tertiary alicyclic amines) is 1. The van der Waals surface area contributed by atoms with E-state index in [1.54, 1.807) is 12.1 Å². The Kier molecular flexibility index (Phi) is 7.87. The van der Waals surface area contributed by atoms with Gasteiger partial charge in [-0.2, -0.15) is 0 Å². The highest BCUT2D eigenvalue weighted by atomic mass is 35.5. The zero-order valence-electron chi connectivity index (χ0n) is 19.9. The number of carbonyl (C=O) groups excluding carboxylic acids is 2. The molecule has 0 aromatic heterocycles. The molecule has 0 radical (unpaired) electrons. The molecular weight excluding hydrogens is 466 g/mol. The number of aryl methyl sites for hydroxylation is 1. The number of piperidine rings is 1. The molecule has 1 fully saturated rings. The van der Waals surface area contributed by atoms with Crippen LogP contribution >= 0.6 is 12.4 Å². The number of hydrogen-bond donors (Lipinski definition) is 0. The number of ketones is 1. The Bertz CT molecular complexity index is 1110. The molecule has 3 aliphatic heterocycles. The first kappa shape index (κ1) is 25.3. The molecule has 35 heavy (non-hydrogen) atoms. The number of nitrogens with zero attached hydrogens (tertiary/aromatic N) is 3. The Balaban J connectivity index is 0.00000289. The normalized spacial score (nSPS) is 17.7. The summed E-state index contributed by atoms with van der Waals surface area (Å²) >= 11 is 0. The summed E-state index contributed by atoms with van der Waals surface area (Å²) < 4.78 is 0. The van der Waals surface area contributed by atoms with Gasteiger partial charge < -0.3 is 9.80 Å². The molecule has 2 aromatic carbocycles. The molecule has 5 rings (SSSR count). The van der Waals surface area contributed by atoms with Crippen LogP contribution < -0.4 is 4.90 Å². The Hall–Kier alpha value is -2.77. The average molecular weight is 498 g/mol. The summed E-state index contributed by atoms with van der Waals surface area (Å²) in [6.07, 6.45) is 6.79. The largest absolute Gasteiger partial charge is 0.312 e. The molecule has 0 bridgehead atoms. The third kappa shape index (κ3) is 5.57. The maximum atomic E-state index is 13.0. The van der Waals surface area contributed by atoms with Crippen LogP contribution in [0.25, 0.3) is 0 Å². The van der Waals surface area contributed by atoms with Gasteiger partial charge in [-0.15, -0.1) is 12.4 Å². The maximum Gasteiger partial charge on any atom is 0.269 e. The molecule has 1 saturated heterocycles. The van der Waals surface area contributed by atoms with Crippen LogP contribution in [-0.2, 0) is 24.1 Å². The smallest absolute Gasteiger partial charge is 0.269 e. The summed E-state index contributed by atoms with van der Waals surface area (Å²) in [4.78, 5) is 39.9. The Morgan fingerprint density at radius 1 is 1.00 bits per heavy atom. The first-order valence-corrected chi connectivity index (χ1v) is 12.4. The summed E-state index contributed by atoms with van der Waals surface area (Å²) in [5.41, 5.74) is 5.49. The van der Waals surface area contributed by atoms with Crippen molar-refractivity contribution in [3.63, 3.8) is 0 Å². The van der Waals surface area contributed by atoms with Gasteiger partial charge in [-0.3, -0.25) is 19.7 Å². The van der Waals surface area contributed by atoms with Crippen LogP contribution in [0, 0.1) is 16.0 Å². The minimum absolute atomic E-state index is 0. The van der Waals surface area contributed by atoms with Crippen LogP contribution in [-0.4, -0.2) is 47.7 Å². The Labute approximate surface area is 212 Å². The lowest BCUT2D eigenvalue weighted by Gasteiger charge is -2.32. The second-order valence-corrected chi connectivity index (χ2v) is 9.86. The molecule has 186 valence electrons. The number of rotatable bonds is 8. The molecule has 0 unspecified atom stereocenters. The van der Waals surface area contributed by atoms with E-state index in [0.29, 0.717) is 18.8 Å². The van der Waals surface area contributed by atoms with Crippen LogP contribution in [0.4, 0.5) is 11.4 Å². The van der Waals surface area contributed by atoms with E-state index in [-0.39, 0.29) is 34.7 Å². The van der Waals surface area contributed by atoms with Crippen LogP contribution in [0.15, 0.2) is 36.4 Å². The number of halogens is 1. The van der Waals surface area contributed by atoms with E-state index < -0.39 is 0 Å². The molecule has 0 saturated carbocycles. The van der Waals surface area contributed by atoms with Crippen LogP contribution in [0.5, 0.6) is 0 Å². The minimum atomic E-state index is -0.365. The standard InChI is InChI=1S/C27H31N3O4.ClH/c31-25(23-17-21-4-8-26(32)29-16-12-22(18-23)27(21)29)7-3-20-10-14-28(15-11-20)13-9-19-1-5-24(6-2-19)30(33)34;/h1-2,5-6,17-18,20H,3-4,7-16H2;1H. The fraction of sp³-hybridized carbons (Fsp3) is 0.481. The molecule has 0 N–H and O–H groups in total. The zero-order valence-corrected chi connectivity index (χ0v) is 20.7. The SMILES string of the molecule is Cl.O=C(CCC1CCN(CCc2ccc([N+](=O)[O-])cc2)CC1)c1cc2c3c(c1)CCN3C(=O)CC2. The number of non-ortho nitro benzene ring substituents is 1. The highest BCUT2D eigenvalue weighted by Gasteiger charge is 2.32. The molecule has 3 aliphatic rings. The first-order chi connectivity index (χ1) is 16.5. The first-order valence-electron chi connectivity index (χ1n) is 12.4. The van der Waals surface area contributed by atoms with E-state index in [2.05, 4.69) is 4.90 Å². The van der Waals surface area contributed by atoms with Crippen LogP contribution in [0.3, 0.4) is 0 Å². The van der Waals surface area contributed by atoms with Crippen molar-refractivity contribution in [1.29, 1.82) is 0 Å². The maximum absolute atomic E-state index is 13.0. The van der Waals surface area contributed by atoms with Crippen molar-refractivity contribution in [2.75, 3.05) is 31.1 Å². The van der Waals surface area contributed by atoms with Crippen molar-refractivity contribution in [2.24, 2.45) is 5.92 Å². The predicted molar refractivity (Wildman–Crippen MR) is 138 cm³/mol. The van der Waals surface area contributed by atoms with E-state index in [1.807, 2.05) is 29.2 Å². The quantitative estimate of drug-likeness (QED) is 0.298. The van der Waals surface area contributed by atoms with Crippen LogP contribution in [0.2, 0.25) is 0 Å². The minimum Gasteiger partial charge on any atom is -0.312 e. The number of Topliss-reactive ketones (excluding diaryl/α,β-unsaturated/α-hetero) is 1. The Morgan fingerprint density at radius 2 is 1.69 bits per heavy atom. The highest BCUT2D eigenvalue weighted by molar-refractivity contribution is 6.02. The van der Waals surface area contributed by atoms with Gasteiger partial charge in [0, 0.05) is 43.6 Å². The number of nitro benzene ring substituents is 1. The molecule has 0 spiro atoms. The van der Waals surface area contributed by atoms with E-state index in [9.17, 15) is 19.7 Å². The fourth-order valence-corrected chi connectivity index (χ4v) is 5.67. The second kappa shape index (κ2) is 10.9. The van der Waals surface area contributed by atoms with Crippen molar-refractivity contribution in [2.45, 2.75) is 51.4 Å². The van der Waals surface area contributed by atoms with Crippen LogP contribution in [0.1, 0.15) is 59.2 Å². The highest BCUT2D eigenvalue weighted by Crippen LogP contribution is 2.38. The third-order valence-electron chi connectivity index (χ3n) is 7.72. The van der Waals surface area contributed by atoms with Crippen molar-refractivity contribution < 1.29 is 14.5 Å². The summed E-state index contributed by atoms with van der Waals surface area (Å²) in [5.74, 6) is 1.03. The van der Waals surface area contributed by atoms with Gasteiger partial charge in [0.2, 0.25) is 5.91 Å².